The Kier molecular flexibility index (Phi) is 25.4. The van der Waals surface area contributed by atoms with Crippen LogP contribution < -0.4 is 0 Å². The van der Waals surface area contributed by atoms with Crippen molar-refractivity contribution in [3.05, 3.63) is 21.0 Å². The van der Waals surface area contributed by atoms with E-state index in [-0.39, 0.29) is 0 Å². The number of unbranched alkanes of at least 4 members (excludes halogenated alkanes) is 18. The fourth-order valence-electron chi connectivity index (χ4n) is 4.74. The van der Waals surface area contributed by atoms with Crippen molar-refractivity contribution in [3.63, 3.8) is 0 Å². The number of rotatable bonds is 28. The molecule has 0 saturated heterocycles. The van der Waals surface area contributed by atoms with Crippen LogP contribution in [0.1, 0.15) is 153 Å². The normalized spacial score (nSPS) is 11.5. The molecule has 0 fully saturated rings. The van der Waals surface area contributed by atoms with Gasteiger partial charge < -0.3 is 0 Å². The minimum absolute atomic E-state index is 0.553. The SMILES string of the molecule is CCCCCCCCCCCCOCCc1c[se]cc1CCOCCCCCCCCCCCC. The van der Waals surface area contributed by atoms with Crippen LogP contribution in [0, 0.1) is 0 Å². The van der Waals surface area contributed by atoms with Crippen molar-refractivity contribution >= 4 is 14.5 Å². The van der Waals surface area contributed by atoms with Gasteiger partial charge >= 0.3 is 161 Å². The van der Waals surface area contributed by atoms with Crippen LogP contribution in [-0.4, -0.2) is 40.9 Å². The summed E-state index contributed by atoms with van der Waals surface area (Å²) in [4.78, 5) is 4.91. The fourth-order valence-corrected chi connectivity index (χ4v) is 6.70. The molecule has 0 radical (unpaired) electrons. The van der Waals surface area contributed by atoms with Crippen LogP contribution >= 0.6 is 0 Å². The Bertz CT molecular complexity index is 483. The molecule has 0 amide bonds. The van der Waals surface area contributed by atoms with Crippen LogP contribution in [-0.2, 0) is 22.3 Å². The van der Waals surface area contributed by atoms with Gasteiger partial charge in [0.2, 0.25) is 0 Å². The molecule has 0 spiro atoms. The Morgan fingerprint density at radius 3 is 1.09 bits per heavy atom. The molecule has 1 rings (SSSR count). The van der Waals surface area contributed by atoms with Crippen molar-refractivity contribution in [3.8, 4) is 0 Å². The first-order valence-corrected chi connectivity index (χ1v) is 17.6. The minimum atomic E-state index is 0.553. The van der Waals surface area contributed by atoms with E-state index in [0.29, 0.717) is 14.5 Å². The van der Waals surface area contributed by atoms with Gasteiger partial charge in [0.15, 0.2) is 0 Å². The van der Waals surface area contributed by atoms with E-state index in [1.54, 1.807) is 0 Å². The Morgan fingerprint density at radius 1 is 0.429 bits per heavy atom. The molecular weight excluding hydrogens is 495 g/mol. The molecule has 1 aromatic heterocycles. The third-order valence-electron chi connectivity index (χ3n) is 7.15. The number of ether oxygens (including phenoxy) is 2. The number of hydrogen-bond donors (Lipinski definition) is 0. The summed E-state index contributed by atoms with van der Waals surface area (Å²) in [7, 11) is 0. The molecule has 0 aliphatic carbocycles. The van der Waals surface area contributed by atoms with Crippen LogP contribution in [0.25, 0.3) is 0 Å². The van der Waals surface area contributed by atoms with Crippen molar-refractivity contribution in [2.45, 2.75) is 155 Å². The number of hydrogen-bond acceptors (Lipinski definition) is 2. The molecular formula is C32H60O2Se. The van der Waals surface area contributed by atoms with E-state index in [1.165, 1.54) is 140 Å². The van der Waals surface area contributed by atoms with Gasteiger partial charge in [0.25, 0.3) is 0 Å². The minimum Gasteiger partial charge on any atom is -0.0654 e. The summed E-state index contributed by atoms with van der Waals surface area (Å²) in [5.74, 6) is 0. The van der Waals surface area contributed by atoms with Gasteiger partial charge in [0.05, 0.1) is 0 Å². The van der Waals surface area contributed by atoms with E-state index in [9.17, 15) is 0 Å². The molecule has 0 saturated carbocycles. The molecule has 0 unspecified atom stereocenters. The smallest absolute Gasteiger partial charge is 0.0654 e. The van der Waals surface area contributed by atoms with Gasteiger partial charge in [-0.3, -0.25) is 0 Å². The summed E-state index contributed by atoms with van der Waals surface area (Å²) in [5.41, 5.74) is 3.08. The molecule has 1 heterocycles. The van der Waals surface area contributed by atoms with Gasteiger partial charge in [0, 0.05) is 0 Å². The molecule has 35 heavy (non-hydrogen) atoms. The zero-order chi connectivity index (χ0) is 25.1. The second-order valence-corrected chi connectivity index (χ2v) is 12.1. The molecule has 0 aliphatic heterocycles. The third-order valence-corrected chi connectivity index (χ3v) is 8.91. The molecule has 0 bridgehead atoms. The molecule has 1 aromatic rings. The summed E-state index contributed by atoms with van der Waals surface area (Å²) in [6.07, 6.45) is 29.9. The van der Waals surface area contributed by atoms with Gasteiger partial charge in [-0.1, -0.05) is 65.2 Å². The Balaban J connectivity index is 1.87. The summed E-state index contributed by atoms with van der Waals surface area (Å²) in [5, 5.41) is 0. The van der Waals surface area contributed by atoms with E-state index in [1.807, 2.05) is 0 Å². The topological polar surface area (TPSA) is 18.5 Å². The van der Waals surface area contributed by atoms with E-state index in [4.69, 9.17) is 9.47 Å². The average Bonchev–Trinajstić information content (AvgIpc) is 3.32. The van der Waals surface area contributed by atoms with Crippen LogP contribution in [0.4, 0.5) is 0 Å². The Morgan fingerprint density at radius 2 is 0.743 bits per heavy atom. The van der Waals surface area contributed by atoms with E-state index < -0.39 is 0 Å². The van der Waals surface area contributed by atoms with E-state index >= 15 is 0 Å². The molecule has 0 N–H and O–H groups in total. The van der Waals surface area contributed by atoms with Crippen molar-refractivity contribution < 1.29 is 9.47 Å². The predicted molar refractivity (Wildman–Crippen MR) is 156 cm³/mol. The van der Waals surface area contributed by atoms with Gasteiger partial charge in [-0.15, -0.1) is 0 Å². The van der Waals surface area contributed by atoms with E-state index in [2.05, 4.69) is 23.7 Å². The van der Waals surface area contributed by atoms with Gasteiger partial charge in [-0.05, 0) is 0 Å². The van der Waals surface area contributed by atoms with Crippen LogP contribution in [0.2, 0.25) is 0 Å². The zero-order valence-electron chi connectivity index (χ0n) is 23.8. The molecule has 206 valence electrons. The third kappa shape index (κ3) is 21.7. The van der Waals surface area contributed by atoms with E-state index in [0.717, 1.165) is 39.3 Å². The second kappa shape index (κ2) is 27.0. The van der Waals surface area contributed by atoms with Crippen molar-refractivity contribution in [2.24, 2.45) is 0 Å². The first-order valence-electron chi connectivity index (χ1n) is 15.6. The first kappa shape index (κ1) is 32.9. The van der Waals surface area contributed by atoms with Gasteiger partial charge in [-0.25, -0.2) is 0 Å². The molecule has 0 atom stereocenters. The van der Waals surface area contributed by atoms with Crippen LogP contribution in [0.3, 0.4) is 0 Å². The summed E-state index contributed by atoms with van der Waals surface area (Å²) >= 11 is 0.553. The Hall–Kier alpha value is -0.0805. The zero-order valence-corrected chi connectivity index (χ0v) is 25.5. The van der Waals surface area contributed by atoms with Gasteiger partial charge in [-0.2, -0.15) is 0 Å². The monoisotopic (exact) mass is 556 g/mol. The molecule has 2 nitrogen and oxygen atoms in total. The van der Waals surface area contributed by atoms with Crippen molar-refractivity contribution in [1.29, 1.82) is 0 Å². The summed E-state index contributed by atoms with van der Waals surface area (Å²) in [6.45, 7) is 8.23. The van der Waals surface area contributed by atoms with Gasteiger partial charge in [0.1, 0.15) is 0 Å². The predicted octanol–water partition coefficient (Wildman–Crippen LogP) is 9.70. The molecule has 3 heteroatoms. The maximum absolute atomic E-state index is 5.95. The Labute approximate surface area is 226 Å². The fraction of sp³-hybridized carbons (Fsp3) is 0.875. The molecule has 0 aliphatic rings. The standard InChI is InChI=1S/C32H60O2Se/c1-3-5-7-9-11-13-15-17-19-21-25-33-27-23-31-29-35-30-32(31)24-28-34-26-22-20-18-16-14-12-10-8-6-4-2/h29-30H,3-28H2,1-2H3. The van der Waals surface area contributed by atoms with Crippen LogP contribution in [0.15, 0.2) is 9.88 Å². The second-order valence-electron chi connectivity index (χ2n) is 10.5. The molecule has 0 aromatic carbocycles. The van der Waals surface area contributed by atoms with Crippen LogP contribution in [0.5, 0.6) is 0 Å². The first-order chi connectivity index (χ1) is 17.4. The van der Waals surface area contributed by atoms with Crippen molar-refractivity contribution in [2.75, 3.05) is 26.4 Å². The summed E-state index contributed by atoms with van der Waals surface area (Å²) < 4.78 is 11.9. The van der Waals surface area contributed by atoms with Crippen molar-refractivity contribution in [1.82, 2.24) is 0 Å². The summed E-state index contributed by atoms with van der Waals surface area (Å²) in [6, 6.07) is 0. The average molecular weight is 556 g/mol. The maximum atomic E-state index is 5.95. The quantitative estimate of drug-likeness (QED) is 0.0757.